The van der Waals surface area contributed by atoms with Crippen molar-refractivity contribution < 1.29 is 5.11 Å². The predicted octanol–water partition coefficient (Wildman–Crippen LogP) is 4.07. The monoisotopic (exact) mass is 330 g/mol. The minimum atomic E-state index is -1.45. The van der Waals surface area contributed by atoms with Gasteiger partial charge in [-0.25, -0.2) is 9.97 Å². The van der Waals surface area contributed by atoms with Crippen LogP contribution >= 0.6 is 23.2 Å². The highest BCUT2D eigenvalue weighted by molar-refractivity contribution is 6.35. The van der Waals surface area contributed by atoms with Gasteiger partial charge < -0.3 is 5.11 Å². The molecule has 1 N–H and O–H groups in total. The Morgan fingerprint density at radius 2 is 1.55 bits per heavy atom. The molecule has 3 aromatic rings. The lowest BCUT2D eigenvalue weighted by Gasteiger charge is -2.30. The second-order valence-corrected chi connectivity index (χ2v) is 5.67. The predicted molar refractivity (Wildman–Crippen MR) is 87.0 cm³/mol. The lowest BCUT2D eigenvalue weighted by molar-refractivity contribution is 0.125. The summed E-state index contributed by atoms with van der Waals surface area (Å²) >= 11 is 12.3. The van der Waals surface area contributed by atoms with Crippen molar-refractivity contribution in [2.75, 3.05) is 0 Å². The van der Waals surface area contributed by atoms with Crippen LogP contribution in [0.25, 0.3) is 0 Å². The van der Waals surface area contributed by atoms with Crippen LogP contribution in [0, 0.1) is 0 Å². The molecule has 0 fully saturated rings. The quantitative estimate of drug-likeness (QED) is 0.787. The molecular formula is C17H12Cl2N2O. The Kier molecular flexibility index (Phi) is 4.12. The fourth-order valence-corrected chi connectivity index (χ4v) is 2.97. The summed E-state index contributed by atoms with van der Waals surface area (Å²) in [4.78, 5) is 8.02. The van der Waals surface area contributed by atoms with E-state index < -0.39 is 5.60 Å². The first-order valence-electron chi connectivity index (χ1n) is 6.61. The fraction of sp³-hybridized carbons (Fsp3) is 0.0588. The molecule has 1 heterocycles. The highest BCUT2D eigenvalue weighted by Crippen LogP contribution is 2.40. The van der Waals surface area contributed by atoms with Crippen molar-refractivity contribution in [1.82, 2.24) is 9.97 Å². The van der Waals surface area contributed by atoms with E-state index in [0.29, 0.717) is 26.7 Å². The van der Waals surface area contributed by atoms with Gasteiger partial charge in [0.25, 0.3) is 0 Å². The van der Waals surface area contributed by atoms with Crippen molar-refractivity contribution in [3.63, 3.8) is 0 Å². The van der Waals surface area contributed by atoms with E-state index >= 15 is 0 Å². The zero-order valence-corrected chi connectivity index (χ0v) is 13.0. The van der Waals surface area contributed by atoms with Crippen molar-refractivity contribution in [1.29, 1.82) is 0 Å². The Morgan fingerprint density at radius 3 is 2.18 bits per heavy atom. The topological polar surface area (TPSA) is 46.0 Å². The molecule has 22 heavy (non-hydrogen) atoms. The molecule has 0 spiro atoms. The van der Waals surface area contributed by atoms with Crippen LogP contribution < -0.4 is 0 Å². The summed E-state index contributed by atoms with van der Waals surface area (Å²) in [7, 11) is 0. The average molecular weight is 331 g/mol. The third-order valence-electron chi connectivity index (χ3n) is 3.49. The maximum Gasteiger partial charge on any atom is 0.144 e. The summed E-state index contributed by atoms with van der Waals surface area (Å²) in [5.41, 5.74) is 0.281. The molecule has 0 saturated carbocycles. The van der Waals surface area contributed by atoms with Gasteiger partial charge in [-0.15, -0.1) is 0 Å². The van der Waals surface area contributed by atoms with E-state index in [1.165, 1.54) is 6.33 Å². The second kappa shape index (κ2) is 6.05. The van der Waals surface area contributed by atoms with Gasteiger partial charge in [0.15, 0.2) is 0 Å². The molecule has 0 aliphatic carbocycles. The van der Waals surface area contributed by atoms with E-state index in [0.717, 1.165) is 0 Å². The molecule has 0 amide bonds. The zero-order valence-electron chi connectivity index (χ0n) is 11.4. The van der Waals surface area contributed by atoms with Crippen LogP contribution in [0.3, 0.4) is 0 Å². The van der Waals surface area contributed by atoms with Gasteiger partial charge in [0, 0.05) is 33.6 Å². The molecule has 3 rings (SSSR count). The van der Waals surface area contributed by atoms with Gasteiger partial charge in [-0.05, 0) is 17.7 Å². The Labute approximate surface area is 138 Å². The molecule has 1 atom stereocenters. The van der Waals surface area contributed by atoms with Crippen molar-refractivity contribution in [3.05, 3.63) is 94.0 Å². The minimum absolute atomic E-state index is 0.378. The molecule has 110 valence electrons. The molecule has 3 nitrogen and oxygen atoms in total. The van der Waals surface area contributed by atoms with Crippen molar-refractivity contribution >= 4 is 23.2 Å². The van der Waals surface area contributed by atoms with Crippen LogP contribution in [-0.2, 0) is 5.60 Å². The third kappa shape index (κ3) is 2.59. The highest BCUT2D eigenvalue weighted by atomic mass is 35.5. The van der Waals surface area contributed by atoms with Crippen molar-refractivity contribution in [3.8, 4) is 0 Å². The first-order valence-corrected chi connectivity index (χ1v) is 7.37. The van der Waals surface area contributed by atoms with Gasteiger partial charge in [-0.1, -0.05) is 59.6 Å². The summed E-state index contributed by atoms with van der Waals surface area (Å²) in [6.45, 7) is 0. The zero-order chi connectivity index (χ0) is 15.6. The van der Waals surface area contributed by atoms with E-state index in [9.17, 15) is 5.11 Å². The second-order valence-electron chi connectivity index (χ2n) is 4.83. The SMILES string of the molecule is O[C@](c1ccccc1)(c1cncnc1)c1ccc(Cl)cc1Cl. The Hall–Kier alpha value is -1.94. The first kappa shape index (κ1) is 15.0. The third-order valence-corrected chi connectivity index (χ3v) is 4.04. The molecule has 0 unspecified atom stereocenters. The molecular weight excluding hydrogens is 319 g/mol. The average Bonchev–Trinajstić information content (AvgIpc) is 2.56. The summed E-state index contributed by atoms with van der Waals surface area (Å²) < 4.78 is 0. The molecule has 2 aromatic carbocycles. The molecule has 0 aliphatic rings. The Balaban J connectivity index is 2.28. The maximum atomic E-state index is 11.5. The Bertz CT molecular complexity index is 740. The number of rotatable bonds is 3. The lowest BCUT2D eigenvalue weighted by atomic mass is 9.81. The van der Waals surface area contributed by atoms with Crippen LogP contribution in [0.5, 0.6) is 0 Å². The number of hydrogen-bond donors (Lipinski definition) is 1. The van der Waals surface area contributed by atoms with Crippen LogP contribution in [-0.4, -0.2) is 15.1 Å². The van der Waals surface area contributed by atoms with Gasteiger partial charge in [0.05, 0.1) is 0 Å². The molecule has 0 radical (unpaired) electrons. The van der Waals surface area contributed by atoms with Gasteiger partial charge in [-0.2, -0.15) is 0 Å². The van der Waals surface area contributed by atoms with Crippen LogP contribution in [0.1, 0.15) is 16.7 Å². The lowest BCUT2D eigenvalue weighted by Crippen LogP contribution is -2.29. The number of benzene rings is 2. The number of aliphatic hydroxyl groups is 1. The molecule has 0 aliphatic heterocycles. The maximum absolute atomic E-state index is 11.5. The summed E-state index contributed by atoms with van der Waals surface area (Å²) in [5.74, 6) is 0. The van der Waals surface area contributed by atoms with E-state index in [-0.39, 0.29) is 0 Å². The van der Waals surface area contributed by atoms with Gasteiger partial charge in [0.2, 0.25) is 0 Å². The van der Waals surface area contributed by atoms with Crippen LogP contribution in [0.2, 0.25) is 10.0 Å². The van der Waals surface area contributed by atoms with E-state index in [4.69, 9.17) is 23.2 Å². The molecule has 0 saturated heterocycles. The van der Waals surface area contributed by atoms with Gasteiger partial charge in [0.1, 0.15) is 11.9 Å². The fourth-order valence-electron chi connectivity index (χ4n) is 2.43. The standard InChI is InChI=1S/C17H12Cl2N2O/c18-14-6-7-15(16(19)8-14)17(22,12-4-2-1-3-5-12)13-9-20-11-21-10-13/h1-11,22H/t17-/m1/s1. The smallest absolute Gasteiger partial charge is 0.144 e. The van der Waals surface area contributed by atoms with Crippen LogP contribution in [0.15, 0.2) is 67.3 Å². The molecule has 1 aromatic heterocycles. The number of nitrogens with zero attached hydrogens (tertiary/aromatic N) is 2. The molecule has 5 heteroatoms. The van der Waals surface area contributed by atoms with E-state index in [1.54, 1.807) is 30.6 Å². The normalized spacial score (nSPS) is 13.6. The number of aromatic nitrogens is 2. The first-order chi connectivity index (χ1) is 10.6. The van der Waals surface area contributed by atoms with Crippen LogP contribution in [0.4, 0.5) is 0 Å². The number of halogens is 2. The van der Waals surface area contributed by atoms with Crippen molar-refractivity contribution in [2.24, 2.45) is 0 Å². The largest absolute Gasteiger partial charge is 0.376 e. The minimum Gasteiger partial charge on any atom is -0.376 e. The summed E-state index contributed by atoms with van der Waals surface area (Å²) in [6, 6.07) is 14.3. The highest BCUT2D eigenvalue weighted by Gasteiger charge is 2.36. The molecule has 0 bridgehead atoms. The van der Waals surface area contributed by atoms with Crippen molar-refractivity contribution in [2.45, 2.75) is 5.60 Å². The Morgan fingerprint density at radius 1 is 0.864 bits per heavy atom. The summed E-state index contributed by atoms with van der Waals surface area (Å²) in [5, 5.41) is 12.4. The van der Waals surface area contributed by atoms with E-state index in [2.05, 4.69) is 9.97 Å². The summed E-state index contributed by atoms with van der Waals surface area (Å²) in [6.07, 6.45) is 4.56. The van der Waals surface area contributed by atoms with Gasteiger partial charge in [-0.3, -0.25) is 0 Å². The van der Waals surface area contributed by atoms with E-state index in [1.807, 2.05) is 30.3 Å². The number of hydrogen-bond acceptors (Lipinski definition) is 3. The van der Waals surface area contributed by atoms with Gasteiger partial charge >= 0.3 is 0 Å².